The third kappa shape index (κ3) is 6.31. The quantitative estimate of drug-likeness (QED) is 0.855. The Kier molecular flexibility index (Phi) is 5.00. The number of ether oxygens (including phenoxy) is 1. The molecule has 1 N–H and O–H groups in total. The summed E-state index contributed by atoms with van der Waals surface area (Å²) in [4.78, 5) is 22.3. The first-order chi connectivity index (χ1) is 7.83. The summed E-state index contributed by atoms with van der Waals surface area (Å²) >= 11 is 0. The summed E-state index contributed by atoms with van der Waals surface area (Å²) in [6, 6.07) is -1.62. The molecule has 0 heterocycles. The lowest BCUT2D eigenvalue weighted by atomic mass is 10.2. The summed E-state index contributed by atoms with van der Waals surface area (Å²) in [5.41, 5.74) is -1.00. The predicted molar refractivity (Wildman–Crippen MR) is 56.1 cm³/mol. The van der Waals surface area contributed by atoms with E-state index in [-0.39, 0.29) is 4.90 Å². The first-order valence-electron chi connectivity index (χ1n) is 5.12. The number of amides is 1. The normalized spacial score (nSPS) is 13.9. The maximum atomic E-state index is 12.3. The van der Waals surface area contributed by atoms with Crippen LogP contribution in [0.15, 0.2) is 0 Å². The molecule has 1 unspecified atom stereocenters. The largest absolute Gasteiger partial charge is 0.480 e. The van der Waals surface area contributed by atoms with E-state index >= 15 is 0 Å². The van der Waals surface area contributed by atoms with Crippen LogP contribution in [0, 0.1) is 0 Å². The van der Waals surface area contributed by atoms with Crippen molar-refractivity contribution in [3.63, 3.8) is 0 Å². The second-order valence-electron chi connectivity index (χ2n) is 4.74. The maximum absolute atomic E-state index is 12.3. The van der Waals surface area contributed by atoms with Gasteiger partial charge in [0, 0.05) is 0 Å². The Bertz CT molecular complexity index is 322. The molecular formula is C10H16F3NO4. The van der Waals surface area contributed by atoms with Crippen molar-refractivity contribution in [1.82, 2.24) is 4.90 Å². The molecule has 8 heteroatoms. The van der Waals surface area contributed by atoms with Gasteiger partial charge in [0.2, 0.25) is 0 Å². The monoisotopic (exact) mass is 271 g/mol. The van der Waals surface area contributed by atoms with Gasteiger partial charge in [0.25, 0.3) is 0 Å². The van der Waals surface area contributed by atoms with Crippen LogP contribution in [0.25, 0.3) is 0 Å². The van der Waals surface area contributed by atoms with E-state index in [4.69, 9.17) is 9.84 Å². The maximum Gasteiger partial charge on any atom is 0.411 e. The lowest BCUT2D eigenvalue weighted by Crippen LogP contribution is -2.49. The van der Waals surface area contributed by atoms with E-state index in [9.17, 15) is 22.8 Å². The van der Waals surface area contributed by atoms with Crippen molar-refractivity contribution in [3.05, 3.63) is 0 Å². The Morgan fingerprint density at radius 2 is 1.72 bits per heavy atom. The first-order valence-corrected chi connectivity index (χ1v) is 5.12. The Morgan fingerprint density at radius 3 is 2.00 bits per heavy atom. The van der Waals surface area contributed by atoms with Gasteiger partial charge in [-0.15, -0.1) is 0 Å². The minimum absolute atomic E-state index is 0.133. The van der Waals surface area contributed by atoms with Crippen molar-refractivity contribution in [2.75, 3.05) is 6.54 Å². The fourth-order valence-electron chi connectivity index (χ4n) is 1.01. The molecule has 106 valence electrons. The number of nitrogens with zero attached hydrogens (tertiary/aromatic N) is 1. The van der Waals surface area contributed by atoms with Crippen molar-refractivity contribution in [2.24, 2.45) is 0 Å². The standard InChI is InChI=1S/C10H16F3NO4/c1-6(7(15)16)14(5-10(11,12)13)8(17)18-9(2,3)4/h6H,5H2,1-4H3,(H,15,16). The lowest BCUT2D eigenvalue weighted by molar-refractivity contribution is -0.158. The van der Waals surface area contributed by atoms with Gasteiger partial charge in [0.05, 0.1) is 0 Å². The van der Waals surface area contributed by atoms with Crippen molar-refractivity contribution >= 4 is 12.1 Å². The molecule has 0 aliphatic carbocycles. The van der Waals surface area contributed by atoms with Crippen LogP contribution in [-0.2, 0) is 9.53 Å². The molecule has 18 heavy (non-hydrogen) atoms. The van der Waals surface area contributed by atoms with E-state index in [0.29, 0.717) is 0 Å². The van der Waals surface area contributed by atoms with Gasteiger partial charge < -0.3 is 9.84 Å². The van der Waals surface area contributed by atoms with Crippen molar-refractivity contribution in [1.29, 1.82) is 0 Å². The minimum Gasteiger partial charge on any atom is -0.480 e. The van der Waals surface area contributed by atoms with Crippen LogP contribution in [0.3, 0.4) is 0 Å². The topological polar surface area (TPSA) is 66.8 Å². The molecule has 0 aliphatic heterocycles. The summed E-state index contributed by atoms with van der Waals surface area (Å²) in [7, 11) is 0. The molecule has 0 saturated carbocycles. The number of aliphatic carboxylic acids is 1. The molecule has 0 radical (unpaired) electrons. The molecule has 1 amide bonds. The van der Waals surface area contributed by atoms with Crippen LogP contribution in [0.2, 0.25) is 0 Å². The minimum atomic E-state index is -4.69. The van der Waals surface area contributed by atoms with Crippen LogP contribution in [0.4, 0.5) is 18.0 Å². The number of rotatable bonds is 3. The fraction of sp³-hybridized carbons (Fsp3) is 0.800. The predicted octanol–water partition coefficient (Wildman–Crippen LogP) is 2.26. The molecule has 0 aliphatic rings. The smallest absolute Gasteiger partial charge is 0.411 e. The van der Waals surface area contributed by atoms with Gasteiger partial charge in [0.15, 0.2) is 0 Å². The van der Waals surface area contributed by atoms with Gasteiger partial charge >= 0.3 is 18.2 Å². The van der Waals surface area contributed by atoms with Gasteiger partial charge in [-0.3, -0.25) is 4.90 Å². The van der Waals surface area contributed by atoms with Crippen LogP contribution < -0.4 is 0 Å². The average Bonchev–Trinajstić information content (AvgIpc) is 2.08. The van der Waals surface area contributed by atoms with Gasteiger partial charge in [-0.05, 0) is 27.7 Å². The highest BCUT2D eigenvalue weighted by atomic mass is 19.4. The van der Waals surface area contributed by atoms with E-state index in [1.165, 1.54) is 20.8 Å². The summed E-state index contributed by atoms with van der Waals surface area (Å²) in [6.07, 6.45) is -6.00. The number of carbonyl (C=O) groups excluding carboxylic acids is 1. The second kappa shape index (κ2) is 5.45. The third-order valence-corrected chi connectivity index (χ3v) is 1.80. The van der Waals surface area contributed by atoms with Crippen LogP contribution in [-0.4, -0.2) is 46.4 Å². The van der Waals surface area contributed by atoms with E-state index in [1.54, 1.807) is 0 Å². The number of carboxylic acids is 1. The van der Waals surface area contributed by atoms with E-state index in [1.807, 2.05) is 0 Å². The second-order valence-corrected chi connectivity index (χ2v) is 4.74. The van der Waals surface area contributed by atoms with E-state index in [0.717, 1.165) is 6.92 Å². The molecule has 1 atom stereocenters. The van der Waals surface area contributed by atoms with Crippen LogP contribution >= 0.6 is 0 Å². The zero-order valence-corrected chi connectivity index (χ0v) is 10.5. The van der Waals surface area contributed by atoms with Crippen LogP contribution in [0.1, 0.15) is 27.7 Å². The van der Waals surface area contributed by atoms with Crippen molar-refractivity contribution in [3.8, 4) is 0 Å². The fourth-order valence-corrected chi connectivity index (χ4v) is 1.01. The molecular weight excluding hydrogens is 255 g/mol. The third-order valence-electron chi connectivity index (χ3n) is 1.80. The molecule has 0 aromatic carbocycles. The first kappa shape index (κ1) is 16.5. The Labute approximate surface area is 103 Å². The van der Waals surface area contributed by atoms with Gasteiger partial charge in [-0.1, -0.05) is 0 Å². The number of hydrogen-bond donors (Lipinski definition) is 1. The summed E-state index contributed by atoms with van der Waals surface area (Å²) < 4.78 is 41.6. The van der Waals surface area contributed by atoms with Crippen molar-refractivity contribution < 1.29 is 32.6 Å². The van der Waals surface area contributed by atoms with Crippen LogP contribution in [0.5, 0.6) is 0 Å². The average molecular weight is 271 g/mol. The molecule has 5 nitrogen and oxygen atoms in total. The summed E-state index contributed by atoms with van der Waals surface area (Å²) in [6.45, 7) is 3.74. The highest BCUT2D eigenvalue weighted by Crippen LogP contribution is 2.20. The number of alkyl halides is 3. The lowest BCUT2D eigenvalue weighted by Gasteiger charge is -2.30. The molecule has 0 spiro atoms. The number of carboxylic acid groups (broad SMARTS) is 1. The number of halogens is 3. The van der Waals surface area contributed by atoms with Crippen molar-refractivity contribution in [2.45, 2.75) is 45.5 Å². The number of hydrogen-bond acceptors (Lipinski definition) is 3. The van der Waals surface area contributed by atoms with Gasteiger partial charge in [-0.25, -0.2) is 9.59 Å². The SMILES string of the molecule is CC(C(=O)O)N(CC(F)(F)F)C(=O)OC(C)(C)C. The molecule has 0 saturated heterocycles. The number of carbonyl (C=O) groups is 2. The Hall–Kier alpha value is -1.47. The zero-order chi connectivity index (χ0) is 14.7. The highest BCUT2D eigenvalue weighted by Gasteiger charge is 2.39. The van der Waals surface area contributed by atoms with E-state index < -0.39 is 36.4 Å². The molecule has 0 aromatic heterocycles. The zero-order valence-electron chi connectivity index (χ0n) is 10.5. The molecule has 0 aromatic rings. The van der Waals surface area contributed by atoms with E-state index in [2.05, 4.69) is 0 Å². The Morgan fingerprint density at radius 1 is 1.28 bits per heavy atom. The molecule has 0 rings (SSSR count). The summed E-state index contributed by atoms with van der Waals surface area (Å²) in [5, 5.41) is 8.68. The summed E-state index contributed by atoms with van der Waals surface area (Å²) in [5.74, 6) is -1.54. The Balaban J connectivity index is 4.98. The van der Waals surface area contributed by atoms with Gasteiger partial charge in [0.1, 0.15) is 18.2 Å². The van der Waals surface area contributed by atoms with Gasteiger partial charge in [-0.2, -0.15) is 13.2 Å². The highest BCUT2D eigenvalue weighted by molar-refractivity contribution is 5.79. The molecule has 0 fully saturated rings. The molecule has 0 bridgehead atoms.